The molecular formula is C12H14BrClO. The standard InChI is InChI=1S/C12H14BrClO/c1-7-5-10(13)8(2)12-9(7)3-4-15-6-11(12)14/h5,11H,3-4,6H2,1-2H3. The minimum absolute atomic E-state index is 0.0151. The summed E-state index contributed by atoms with van der Waals surface area (Å²) >= 11 is 9.93. The molecule has 0 aromatic heterocycles. The van der Waals surface area contributed by atoms with Crippen LogP contribution in [0.15, 0.2) is 10.5 Å². The van der Waals surface area contributed by atoms with Crippen LogP contribution >= 0.6 is 27.5 Å². The number of rotatable bonds is 0. The van der Waals surface area contributed by atoms with Crippen molar-refractivity contribution in [2.45, 2.75) is 25.6 Å². The van der Waals surface area contributed by atoms with Crippen LogP contribution in [0, 0.1) is 13.8 Å². The van der Waals surface area contributed by atoms with Gasteiger partial charge in [-0.15, -0.1) is 11.6 Å². The van der Waals surface area contributed by atoms with Crippen molar-refractivity contribution >= 4 is 27.5 Å². The van der Waals surface area contributed by atoms with Crippen molar-refractivity contribution in [1.29, 1.82) is 0 Å². The lowest BCUT2D eigenvalue weighted by atomic mass is 9.93. The molecule has 1 unspecified atom stereocenters. The second-order valence-corrected chi connectivity index (χ2v) is 5.37. The summed E-state index contributed by atoms with van der Waals surface area (Å²) in [6, 6.07) is 2.17. The van der Waals surface area contributed by atoms with E-state index in [4.69, 9.17) is 16.3 Å². The molecular weight excluding hydrogens is 275 g/mol. The zero-order valence-corrected chi connectivity index (χ0v) is 11.3. The maximum absolute atomic E-state index is 6.36. The van der Waals surface area contributed by atoms with E-state index in [0.29, 0.717) is 6.61 Å². The van der Waals surface area contributed by atoms with E-state index in [-0.39, 0.29) is 5.38 Å². The monoisotopic (exact) mass is 288 g/mol. The molecule has 1 aromatic rings. The van der Waals surface area contributed by atoms with Crippen molar-refractivity contribution < 1.29 is 4.74 Å². The van der Waals surface area contributed by atoms with Gasteiger partial charge >= 0.3 is 0 Å². The topological polar surface area (TPSA) is 9.23 Å². The van der Waals surface area contributed by atoms with Gasteiger partial charge in [-0.2, -0.15) is 0 Å². The summed E-state index contributed by atoms with van der Waals surface area (Å²) in [7, 11) is 0. The minimum atomic E-state index is -0.0151. The first kappa shape index (κ1) is 11.4. The zero-order valence-electron chi connectivity index (χ0n) is 8.94. The van der Waals surface area contributed by atoms with E-state index >= 15 is 0 Å². The Morgan fingerprint density at radius 3 is 2.93 bits per heavy atom. The normalized spacial score (nSPS) is 20.9. The first-order chi connectivity index (χ1) is 7.11. The van der Waals surface area contributed by atoms with Crippen molar-refractivity contribution in [2.24, 2.45) is 0 Å². The summed E-state index contributed by atoms with van der Waals surface area (Å²) in [5.41, 5.74) is 5.19. The van der Waals surface area contributed by atoms with Crippen LogP contribution in [0.25, 0.3) is 0 Å². The number of aryl methyl sites for hydroxylation is 1. The molecule has 0 bridgehead atoms. The highest BCUT2D eigenvalue weighted by Gasteiger charge is 2.21. The van der Waals surface area contributed by atoms with E-state index in [1.54, 1.807) is 0 Å². The number of halogens is 2. The third-order valence-electron chi connectivity index (χ3n) is 2.98. The van der Waals surface area contributed by atoms with Crippen molar-refractivity contribution in [1.82, 2.24) is 0 Å². The number of fused-ring (bicyclic) bond motifs is 1. The molecule has 1 atom stereocenters. The highest BCUT2D eigenvalue weighted by molar-refractivity contribution is 9.10. The Balaban J connectivity index is 2.63. The smallest absolute Gasteiger partial charge is 0.0824 e. The van der Waals surface area contributed by atoms with Gasteiger partial charge in [-0.1, -0.05) is 15.9 Å². The molecule has 2 rings (SSSR count). The van der Waals surface area contributed by atoms with Gasteiger partial charge < -0.3 is 4.74 Å². The lowest BCUT2D eigenvalue weighted by Crippen LogP contribution is -2.03. The Labute approximate surface area is 104 Å². The Hall–Kier alpha value is -0.0500. The predicted octanol–water partition coefficient (Wildman–Crippen LogP) is 3.92. The van der Waals surface area contributed by atoms with Crippen LogP contribution in [-0.2, 0) is 11.2 Å². The molecule has 1 heterocycles. The summed E-state index contributed by atoms with van der Waals surface area (Å²) in [6.07, 6.45) is 0.971. The minimum Gasteiger partial charge on any atom is -0.379 e. The van der Waals surface area contributed by atoms with Gasteiger partial charge in [0.05, 0.1) is 18.6 Å². The molecule has 15 heavy (non-hydrogen) atoms. The molecule has 0 N–H and O–H groups in total. The van der Waals surface area contributed by atoms with Crippen LogP contribution in [0.3, 0.4) is 0 Å². The van der Waals surface area contributed by atoms with E-state index in [9.17, 15) is 0 Å². The van der Waals surface area contributed by atoms with E-state index in [2.05, 4.69) is 35.8 Å². The Morgan fingerprint density at radius 2 is 2.20 bits per heavy atom. The maximum Gasteiger partial charge on any atom is 0.0824 e. The van der Waals surface area contributed by atoms with Crippen LogP contribution in [0.4, 0.5) is 0 Å². The molecule has 1 aliphatic heterocycles. The van der Waals surface area contributed by atoms with E-state index in [1.165, 1.54) is 22.3 Å². The van der Waals surface area contributed by atoms with Gasteiger partial charge in [0.1, 0.15) is 0 Å². The molecule has 0 amide bonds. The molecule has 0 saturated heterocycles. The summed E-state index contributed by atoms with van der Waals surface area (Å²) < 4.78 is 6.64. The fraction of sp³-hybridized carbons (Fsp3) is 0.500. The van der Waals surface area contributed by atoms with Gasteiger partial charge in [0, 0.05) is 4.47 Å². The maximum atomic E-state index is 6.36. The lowest BCUT2D eigenvalue weighted by molar-refractivity contribution is 0.143. The summed E-state index contributed by atoms with van der Waals surface area (Å²) in [5.74, 6) is 0. The number of benzene rings is 1. The number of ether oxygens (including phenoxy) is 1. The van der Waals surface area contributed by atoms with Gasteiger partial charge in [-0.25, -0.2) is 0 Å². The highest BCUT2D eigenvalue weighted by Crippen LogP contribution is 2.36. The molecule has 0 aliphatic carbocycles. The summed E-state index contributed by atoms with van der Waals surface area (Å²) in [5, 5.41) is -0.0151. The van der Waals surface area contributed by atoms with Crippen molar-refractivity contribution in [2.75, 3.05) is 13.2 Å². The van der Waals surface area contributed by atoms with Crippen molar-refractivity contribution in [3.05, 3.63) is 32.8 Å². The Morgan fingerprint density at radius 1 is 1.47 bits per heavy atom. The van der Waals surface area contributed by atoms with Crippen LogP contribution in [0.5, 0.6) is 0 Å². The quantitative estimate of drug-likeness (QED) is 0.658. The number of hydrogen-bond acceptors (Lipinski definition) is 1. The molecule has 0 radical (unpaired) electrons. The average Bonchev–Trinajstić information content (AvgIpc) is 2.37. The van der Waals surface area contributed by atoms with Gasteiger partial charge in [0.25, 0.3) is 0 Å². The second kappa shape index (κ2) is 4.44. The van der Waals surface area contributed by atoms with Gasteiger partial charge in [0.2, 0.25) is 0 Å². The third-order valence-corrected chi connectivity index (χ3v) is 4.15. The fourth-order valence-corrected chi connectivity index (χ4v) is 3.09. The largest absolute Gasteiger partial charge is 0.379 e. The summed E-state index contributed by atoms with van der Waals surface area (Å²) in [6.45, 7) is 5.64. The van der Waals surface area contributed by atoms with Crippen LogP contribution in [0.1, 0.15) is 27.6 Å². The average molecular weight is 290 g/mol. The number of alkyl halides is 1. The fourth-order valence-electron chi connectivity index (χ4n) is 2.15. The molecule has 1 nitrogen and oxygen atoms in total. The molecule has 0 spiro atoms. The molecule has 1 aliphatic rings. The predicted molar refractivity (Wildman–Crippen MR) is 66.7 cm³/mol. The van der Waals surface area contributed by atoms with Crippen LogP contribution < -0.4 is 0 Å². The highest BCUT2D eigenvalue weighted by atomic mass is 79.9. The van der Waals surface area contributed by atoms with E-state index in [0.717, 1.165) is 17.5 Å². The third kappa shape index (κ3) is 2.08. The van der Waals surface area contributed by atoms with Crippen molar-refractivity contribution in [3.63, 3.8) is 0 Å². The van der Waals surface area contributed by atoms with Crippen molar-refractivity contribution in [3.8, 4) is 0 Å². The van der Waals surface area contributed by atoms with E-state index in [1.807, 2.05) is 0 Å². The molecule has 1 aromatic carbocycles. The first-order valence-corrected chi connectivity index (χ1v) is 6.34. The van der Waals surface area contributed by atoms with Crippen LogP contribution in [-0.4, -0.2) is 13.2 Å². The lowest BCUT2D eigenvalue weighted by Gasteiger charge is -2.17. The molecule has 0 saturated carbocycles. The number of hydrogen-bond donors (Lipinski definition) is 0. The zero-order chi connectivity index (χ0) is 11.0. The molecule has 3 heteroatoms. The Bertz CT molecular complexity index is 390. The molecule has 82 valence electrons. The van der Waals surface area contributed by atoms with Gasteiger partial charge in [-0.3, -0.25) is 0 Å². The van der Waals surface area contributed by atoms with Gasteiger partial charge in [-0.05, 0) is 48.6 Å². The Kier molecular flexibility index (Phi) is 3.39. The van der Waals surface area contributed by atoms with E-state index < -0.39 is 0 Å². The van der Waals surface area contributed by atoms with Crippen LogP contribution in [0.2, 0.25) is 0 Å². The first-order valence-electron chi connectivity index (χ1n) is 5.11. The second-order valence-electron chi connectivity index (χ2n) is 3.98. The SMILES string of the molecule is Cc1cc(Br)c(C)c2c1CCOCC2Cl. The molecule has 0 fully saturated rings. The van der Waals surface area contributed by atoms with Gasteiger partial charge in [0.15, 0.2) is 0 Å². The summed E-state index contributed by atoms with van der Waals surface area (Å²) in [4.78, 5) is 0.